The number of sulfonamides is 1. The smallest absolute Gasteiger partial charge is 0.241 e. The highest BCUT2D eigenvalue weighted by Crippen LogP contribution is 2.19. The molecule has 1 saturated carbocycles. The lowest BCUT2D eigenvalue weighted by atomic mass is 10.2. The Labute approximate surface area is 184 Å². The molecule has 1 aromatic carbocycles. The molecular formula is C21H33N5O4S. The zero-order chi connectivity index (χ0) is 22.6. The maximum Gasteiger partial charge on any atom is 0.241 e. The fourth-order valence-corrected chi connectivity index (χ4v) is 4.77. The standard InChI is InChI=1S/C21H33N5O4S/c1-15(2)24-31(29,30)19-8-6-18(7-9-19)23-21(28)16(3)26-12-10-25(11-13-26)14-20(27)22-17-4-5-17/h6-9,15-17,24H,4-5,10-14H2,1-3H3,(H,22,27)(H,23,28). The molecule has 0 bridgehead atoms. The van der Waals surface area contributed by atoms with Crippen molar-refractivity contribution in [1.29, 1.82) is 0 Å². The number of piperazine rings is 1. The number of hydrogen-bond donors (Lipinski definition) is 3. The fourth-order valence-electron chi connectivity index (χ4n) is 3.52. The predicted octanol–water partition coefficient (Wildman–Crippen LogP) is 0.597. The normalized spacial score (nSPS) is 19.2. The first-order valence-electron chi connectivity index (χ1n) is 10.8. The van der Waals surface area contributed by atoms with Gasteiger partial charge in [0.15, 0.2) is 0 Å². The van der Waals surface area contributed by atoms with Gasteiger partial charge < -0.3 is 10.6 Å². The Hall–Kier alpha value is -2.01. The van der Waals surface area contributed by atoms with Crippen LogP contribution in [0.5, 0.6) is 0 Å². The summed E-state index contributed by atoms with van der Waals surface area (Å²) in [5, 5.41) is 5.86. The maximum absolute atomic E-state index is 12.7. The number of rotatable bonds is 9. The van der Waals surface area contributed by atoms with Crippen LogP contribution in [0.1, 0.15) is 33.6 Å². The van der Waals surface area contributed by atoms with E-state index in [1.165, 1.54) is 12.1 Å². The Kier molecular flexibility index (Phi) is 7.68. The molecule has 1 aromatic rings. The molecule has 2 fully saturated rings. The van der Waals surface area contributed by atoms with Crippen molar-refractivity contribution >= 4 is 27.5 Å². The topological polar surface area (TPSA) is 111 Å². The van der Waals surface area contributed by atoms with Crippen LogP contribution in [0.25, 0.3) is 0 Å². The third-order valence-electron chi connectivity index (χ3n) is 5.47. The van der Waals surface area contributed by atoms with Gasteiger partial charge in [0, 0.05) is 44.0 Å². The summed E-state index contributed by atoms with van der Waals surface area (Å²) in [5.41, 5.74) is 0.552. The number of hydrogen-bond acceptors (Lipinski definition) is 6. The van der Waals surface area contributed by atoms with Gasteiger partial charge in [-0.3, -0.25) is 19.4 Å². The molecule has 9 nitrogen and oxygen atoms in total. The van der Waals surface area contributed by atoms with Crippen molar-refractivity contribution in [3.05, 3.63) is 24.3 Å². The van der Waals surface area contributed by atoms with Crippen molar-refractivity contribution in [1.82, 2.24) is 19.8 Å². The zero-order valence-corrected chi connectivity index (χ0v) is 19.2. The van der Waals surface area contributed by atoms with Crippen LogP contribution < -0.4 is 15.4 Å². The Morgan fingerprint density at radius 2 is 1.65 bits per heavy atom. The van der Waals surface area contributed by atoms with Crippen molar-refractivity contribution in [3.8, 4) is 0 Å². The molecule has 31 heavy (non-hydrogen) atoms. The van der Waals surface area contributed by atoms with Gasteiger partial charge in [0.25, 0.3) is 0 Å². The van der Waals surface area contributed by atoms with Crippen molar-refractivity contribution in [3.63, 3.8) is 0 Å². The summed E-state index contributed by atoms with van der Waals surface area (Å²) >= 11 is 0. The van der Waals surface area contributed by atoms with E-state index in [4.69, 9.17) is 0 Å². The largest absolute Gasteiger partial charge is 0.352 e. The molecule has 1 atom stereocenters. The average Bonchev–Trinajstić information content (AvgIpc) is 3.51. The van der Waals surface area contributed by atoms with E-state index in [0.717, 1.165) is 25.9 Å². The van der Waals surface area contributed by atoms with Gasteiger partial charge in [0.2, 0.25) is 21.8 Å². The van der Waals surface area contributed by atoms with Crippen molar-refractivity contribution in [2.75, 3.05) is 38.0 Å². The summed E-state index contributed by atoms with van der Waals surface area (Å²) in [5.74, 6) is -0.0633. The molecular weight excluding hydrogens is 418 g/mol. The number of nitrogens with zero attached hydrogens (tertiary/aromatic N) is 2. The first-order valence-corrected chi connectivity index (χ1v) is 12.3. The third-order valence-corrected chi connectivity index (χ3v) is 7.14. The number of carbonyl (C=O) groups is 2. The van der Waals surface area contributed by atoms with Crippen LogP contribution in [-0.4, -0.2) is 80.9 Å². The number of benzene rings is 1. The second-order valence-corrected chi connectivity index (χ2v) is 10.3. The predicted molar refractivity (Wildman–Crippen MR) is 119 cm³/mol. The minimum Gasteiger partial charge on any atom is -0.352 e. The molecule has 0 spiro atoms. The summed E-state index contributed by atoms with van der Waals surface area (Å²) in [6.45, 7) is 8.69. The molecule has 3 N–H and O–H groups in total. The minimum absolute atomic E-state index is 0.0794. The van der Waals surface area contributed by atoms with E-state index in [1.807, 2.05) is 6.92 Å². The molecule has 2 amide bonds. The summed E-state index contributed by atoms with van der Waals surface area (Å²) in [4.78, 5) is 29.0. The van der Waals surface area contributed by atoms with Gasteiger partial charge in [-0.1, -0.05) is 0 Å². The maximum atomic E-state index is 12.7. The highest BCUT2D eigenvalue weighted by atomic mass is 32.2. The SMILES string of the molecule is CC(C)NS(=O)(=O)c1ccc(NC(=O)C(C)N2CCN(CC(=O)NC3CC3)CC2)cc1. The van der Waals surface area contributed by atoms with Crippen LogP contribution in [0.15, 0.2) is 29.2 Å². The van der Waals surface area contributed by atoms with Crippen LogP contribution in [0, 0.1) is 0 Å². The molecule has 1 aliphatic carbocycles. The van der Waals surface area contributed by atoms with Gasteiger partial charge in [-0.05, 0) is 57.9 Å². The van der Waals surface area contributed by atoms with Crippen molar-refractivity contribution < 1.29 is 18.0 Å². The van der Waals surface area contributed by atoms with E-state index in [-0.39, 0.29) is 28.8 Å². The molecule has 3 rings (SSSR count). The van der Waals surface area contributed by atoms with Crippen LogP contribution in [-0.2, 0) is 19.6 Å². The average molecular weight is 452 g/mol. The number of amides is 2. The Morgan fingerprint density at radius 3 is 2.19 bits per heavy atom. The molecule has 2 aliphatic rings. The van der Waals surface area contributed by atoms with E-state index >= 15 is 0 Å². The fraction of sp³-hybridized carbons (Fsp3) is 0.619. The van der Waals surface area contributed by atoms with Crippen LogP contribution in [0.3, 0.4) is 0 Å². The van der Waals surface area contributed by atoms with E-state index in [2.05, 4.69) is 25.2 Å². The van der Waals surface area contributed by atoms with Crippen molar-refractivity contribution in [2.45, 2.75) is 56.6 Å². The highest BCUT2D eigenvalue weighted by Gasteiger charge is 2.28. The van der Waals surface area contributed by atoms with Gasteiger partial charge in [0.1, 0.15) is 0 Å². The molecule has 1 aliphatic heterocycles. The highest BCUT2D eigenvalue weighted by molar-refractivity contribution is 7.89. The number of anilines is 1. The van der Waals surface area contributed by atoms with Gasteiger partial charge in [-0.25, -0.2) is 13.1 Å². The van der Waals surface area contributed by atoms with Gasteiger partial charge in [-0.2, -0.15) is 0 Å². The third kappa shape index (κ3) is 6.99. The number of carbonyl (C=O) groups excluding carboxylic acids is 2. The number of nitrogens with one attached hydrogen (secondary N) is 3. The summed E-state index contributed by atoms with van der Waals surface area (Å²) in [7, 11) is -3.56. The summed E-state index contributed by atoms with van der Waals surface area (Å²) in [6.07, 6.45) is 2.17. The molecule has 1 heterocycles. The van der Waals surface area contributed by atoms with Crippen LogP contribution in [0.4, 0.5) is 5.69 Å². The first-order chi connectivity index (χ1) is 14.6. The molecule has 0 radical (unpaired) electrons. The Balaban J connectivity index is 1.46. The van der Waals surface area contributed by atoms with Gasteiger partial charge in [-0.15, -0.1) is 0 Å². The van der Waals surface area contributed by atoms with E-state index < -0.39 is 10.0 Å². The van der Waals surface area contributed by atoms with Crippen LogP contribution >= 0.6 is 0 Å². The molecule has 0 aromatic heterocycles. The lowest BCUT2D eigenvalue weighted by molar-refractivity contribution is -0.124. The Morgan fingerprint density at radius 1 is 1.03 bits per heavy atom. The second-order valence-electron chi connectivity index (χ2n) is 8.62. The lowest BCUT2D eigenvalue weighted by Crippen LogP contribution is -2.54. The zero-order valence-electron chi connectivity index (χ0n) is 18.4. The van der Waals surface area contributed by atoms with Crippen LogP contribution in [0.2, 0.25) is 0 Å². The molecule has 172 valence electrons. The molecule has 1 saturated heterocycles. The first kappa shape index (κ1) is 23.6. The summed E-state index contributed by atoms with van der Waals surface area (Å²) in [6, 6.07) is 6.00. The molecule has 1 unspecified atom stereocenters. The second kappa shape index (κ2) is 10.1. The summed E-state index contributed by atoms with van der Waals surface area (Å²) < 4.78 is 26.9. The van der Waals surface area contributed by atoms with Gasteiger partial charge in [0.05, 0.1) is 17.5 Å². The van der Waals surface area contributed by atoms with E-state index in [0.29, 0.717) is 31.4 Å². The lowest BCUT2D eigenvalue weighted by Gasteiger charge is -2.37. The van der Waals surface area contributed by atoms with Crippen molar-refractivity contribution in [2.24, 2.45) is 0 Å². The minimum atomic E-state index is -3.56. The van der Waals surface area contributed by atoms with Gasteiger partial charge >= 0.3 is 0 Å². The van der Waals surface area contributed by atoms with E-state index in [1.54, 1.807) is 26.0 Å². The molecule has 10 heteroatoms. The Bertz CT molecular complexity index is 876. The van der Waals surface area contributed by atoms with E-state index in [9.17, 15) is 18.0 Å². The monoisotopic (exact) mass is 451 g/mol. The quantitative estimate of drug-likeness (QED) is 0.507.